The van der Waals surface area contributed by atoms with Crippen LogP contribution in [0.2, 0.25) is 10.0 Å². The van der Waals surface area contributed by atoms with Gasteiger partial charge in [-0.25, -0.2) is 19.2 Å². The Bertz CT molecular complexity index is 818. The topological polar surface area (TPSA) is 58.1 Å². The second-order valence-corrected chi connectivity index (χ2v) is 6.71. The largest absolute Gasteiger partial charge is 0.322 e. The van der Waals surface area contributed by atoms with Gasteiger partial charge in [0.15, 0.2) is 6.17 Å². The van der Waals surface area contributed by atoms with E-state index in [-0.39, 0.29) is 12.1 Å². The van der Waals surface area contributed by atoms with E-state index < -0.39 is 12.2 Å². The Labute approximate surface area is 147 Å². The lowest BCUT2D eigenvalue weighted by atomic mass is 9.98. The predicted octanol–water partition coefficient (Wildman–Crippen LogP) is 4.55. The number of benzene rings is 1. The summed E-state index contributed by atoms with van der Waals surface area (Å²) < 4.78 is 14.8. The Kier molecular flexibility index (Phi) is 3.81. The molecule has 1 N–H and O–H groups in total. The molecule has 2 bridgehead atoms. The number of amides is 2. The third kappa shape index (κ3) is 2.41. The zero-order valence-electron chi connectivity index (χ0n) is 12.4. The fourth-order valence-corrected chi connectivity index (χ4v) is 3.80. The Morgan fingerprint density at radius 2 is 2.12 bits per heavy atom. The summed E-state index contributed by atoms with van der Waals surface area (Å²) in [5, 5.41) is 3.52. The van der Waals surface area contributed by atoms with E-state index in [1.165, 1.54) is 6.33 Å². The molecule has 3 heterocycles. The van der Waals surface area contributed by atoms with Gasteiger partial charge in [0.05, 0.1) is 27.8 Å². The summed E-state index contributed by atoms with van der Waals surface area (Å²) in [6, 6.07) is 3.74. The van der Waals surface area contributed by atoms with Crippen LogP contribution in [0.1, 0.15) is 36.3 Å². The molecule has 2 aliphatic heterocycles. The summed E-state index contributed by atoms with van der Waals surface area (Å²) in [6.07, 6.45) is 2.93. The monoisotopic (exact) mass is 366 g/mol. The first kappa shape index (κ1) is 15.6. The summed E-state index contributed by atoms with van der Waals surface area (Å²) >= 11 is 11.8. The van der Waals surface area contributed by atoms with Crippen molar-refractivity contribution in [3.63, 3.8) is 0 Å². The third-order valence-corrected chi connectivity index (χ3v) is 5.30. The zero-order chi connectivity index (χ0) is 16.8. The Hall–Kier alpha value is -1.92. The van der Waals surface area contributed by atoms with Crippen molar-refractivity contribution in [3.05, 3.63) is 52.0 Å². The maximum atomic E-state index is 14.8. The van der Waals surface area contributed by atoms with Gasteiger partial charge < -0.3 is 10.2 Å². The van der Waals surface area contributed by atoms with Gasteiger partial charge in [-0.2, -0.15) is 0 Å². The van der Waals surface area contributed by atoms with Crippen LogP contribution in [0.25, 0.3) is 0 Å². The number of nitrogens with one attached hydrogen (secondary N) is 1. The highest BCUT2D eigenvalue weighted by molar-refractivity contribution is 6.42. The Morgan fingerprint density at radius 3 is 2.92 bits per heavy atom. The van der Waals surface area contributed by atoms with E-state index in [0.717, 1.165) is 0 Å². The first-order valence-electron chi connectivity index (χ1n) is 7.54. The number of fused-ring (bicyclic) bond motifs is 4. The molecule has 0 unspecified atom stereocenters. The van der Waals surface area contributed by atoms with Crippen LogP contribution in [0.15, 0.2) is 30.7 Å². The van der Waals surface area contributed by atoms with E-state index in [2.05, 4.69) is 15.3 Å². The number of halogens is 3. The second-order valence-electron chi connectivity index (χ2n) is 5.89. The Balaban J connectivity index is 1.63. The van der Waals surface area contributed by atoms with E-state index in [0.29, 0.717) is 39.8 Å². The molecule has 1 fully saturated rings. The molecule has 124 valence electrons. The molecule has 0 radical (unpaired) electrons. The maximum absolute atomic E-state index is 14.8. The van der Waals surface area contributed by atoms with E-state index in [4.69, 9.17) is 23.2 Å². The number of aromatic nitrogens is 2. The summed E-state index contributed by atoms with van der Waals surface area (Å²) in [5.41, 5.74) is 1.60. The molecule has 2 amide bonds. The molecular weight excluding hydrogens is 354 g/mol. The minimum absolute atomic E-state index is 0.207. The Morgan fingerprint density at radius 1 is 1.29 bits per heavy atom. The maximum Gasteiger partial charge on any atom is 0.322 e. The minimum atomic E-state index is -1.30. The van der Waals surface area contributed by atoms with Crippen LogP contribution < -0.4 is 5.32 Å². The van der Waals surface area contributed by atoms with Crippen molar-refractivity contribution in [1.29, 1.82) is 0 Å². The van der Waals surface area contributed by atoms with E-state index in [1.807, 2.05) is 0 Å². The molecule has 0 saturated carbocycles. The second kappa shape index (κ2) is 5.86. The number of hydrogen-bond acceptors (Lipinski definition) is 3. The minimum Gasteiger partial charge on any atom is -0.311 e. The van der Waals surface area contributed by atoms with Crippen molar-refractivity contribution >= 4 is 34.9 Å². The first-order valence-corrected chi connectivity index (χ1v) is 8.30. The van der Waals surface area contributed by atoms with Crippen molar-refractivity contribution in [2.24, 2.45) is 0 Å². The molecule has 24 heavy (non-hydrogen) atoms. The van der Waals surface area contributed by atoms with Crippen LogP contribution in [0, 0.1) is 0 Å². The van der Waals surface area contributed by atoms with Crippen LogP contribution in [0.3, 0.4) is 0 Å². The number of nitrogens with zero attached hydrogens (tertiary/aromatic N) is 3. The quantitative estimate of drug-likeness (QED) is 0.805. The number of urea groups is 1. The third-order valence-electron chi connectivity index (χ3n) is 4.57. The summed E-state index contributed by atoms with van der Waals surface area (Å²) in [4.78, 5) is 22.3. The van der Waals surface area contributed by atoms with Gasteiger partial charge in [-0.05, 0) is 31.0 Å². The van der Waals surface area contributed by atoms with Crippen LogP contribution in [-0.2, 0) is 0 Å². The molecule has 1 saturated heterocycles. The number of rotatable bonds is 1. The van der Waals surface area contributed by atoms with Crippen molar-refractivity contribution in [2.75, 3.05) is 5.32 Å². The molecular formula is C16H13Cl2FN4O. The van der Waals surface area contributed by atoms with Crippen LogP contribution >= 0.6 is 23.2 Å². The van der Waals surface area contributed by atoms with Gasteiger partial charge in [0.2, 0.25) is 0 Å². The lowest BCUT2D eigenvalue weighted by Crippen LogP contribution is -2.45. The lowest BCUT2D eigenvalue weighted by Gasteiger charge is -2.37. The SMILES string of the molecule is O=C(Nc1ccc(Cl)c(Cl)c1)N1[C@@H]2CC[C@H]1c1cncnc1[C@@H]2F. The highest BCUT2D eigenvalue weighted by Crippen LogP contribution is 2.48. The highest BCUT2D eigenvalue weighted by Gasteiger charge is 2.49. The summed E-state index contributed by atoms with van der Waals surface area (Å²) in [5.74, 6) is 0. The van der Waals surface area contributed by atoms with Crippen molar-refractivity contribution in [2.45, 2.75) is 31.1 Å². The number of alkyl halides is 1. The number of carbonyl (C=O) groups excluding carboxylic acids is 1. The average molecular weight is 367 g/mol. The van der Waals surface area contributed by atoms with Gasteiger partial charge in [0, 0.05) is 17.4 Å². The summed E-state index contributed by atoms with van der Waals surface area (Å²) in [7, 11) is 0. The average Bonchev–Trinajstić information content (AvgIpc) is 2.96. The van der Waals surface area contributed by atoms with Gasteiger partial charge in [-0.3, -0.25) is 0 Å². The highest BCUT2D eigenvalue weighted by atomic mass is 35.5. The van der Waals surface area contributed by atoms with Gasteiger partial charge in [-0.1, -0.05) is 23.2 Å². The molecule has 1 aromatic heterocycles. The van der Waals surface area contributed by atoms with Crippen molar-refractivity contribution < 1.29 is 9.18 Å². The molecule has 2 aliphatic rings. The standard InChI is InChI=1S/C16H13Cl2FN4O/c17-10-2-1-8(5-11(10)18)22-16(24)23-12-3-4-13(23)14(19)15-9(12)6-20-7-21-15/h1-2,5-7,12-14H,3-4H2,(H,22,24)/t12-,13+,14+/m0/s1. The van der Waals surface area contributed by atoms with Crippen LogP contribution in [-0.4, -0.2) is 26.9 Å². The smallest absolute Gasteiger partial charge is 0.311 e. The van der Waals surface area contributed by atoms with E-state index >= 15 is 0 Å². The number of carbonyl (C=O) groups is 1. The van der Waals surface area contributed by atoms with Gasteiger partial charge in [0.25, 0.3) is 0 Å². The van der Waals surface area contributed by atoms with Gasteiger partial charge >= 0.3 is 6.03 Å². The molecule has 8 heteroatoms. The number of anilines is 1. The van der Waals surface area contributed by atoms with Gasteiger partial charge in [0.1, 0.15) is 6.33 Å². The lowest BCUT2D eigenvalue weighted by molar-refractivity contribution is 0.121. The molecule has 3 atom stereocenters. The first-order chi connectivity index (χ1) is 11.6. The number of hydrogen-bond donors (Lipinski definition) is 1. The van der Waals surface area contributed by atoms with Gasteiger partial charge in [-0.15, -0.1) is 0 Å². The van der Waals surface area contributed by atoms with E-state index in [9.17, 15) is 9.18 Å². The predicted molar refractivity (Wildman–Crippen MR) is 89.0 cm³/mol. The molecule has 5 nitrogen and oxygen atoms in total. The van der Waals surface area contributed by atoms with Crippen molar-refractivity contribution in [1.82, 2.24) is 14.9 Å². The molecule has 0 spiro atoms. The molecule has 1 aromatic carbocycles. The summed E-state index contributed by atoms with van der Waals surface area (Å²) in [6.45, 7) is 0. The van der Waals surface area contributed by atoms with Crippen LogP contribution in [0.5, 0.6) is 0 Å². The fourth-order valence-electron chi connectivity index (χ4n) is 3.50. The fraction of sp³-hybridized carbons (Fsp3) is 0.312. The normalized spacial score (nSPS) is 24.6. The zero-order valence-corrected chi connectivity index (χ0v) is 13.9. The van der Waals surface area contributed by atoms with Crippen molar-refractivity contribution in [3.8, 4) is 0 Å². The van der Waals surface area contributed by atoms with E-state index in [1.54, 1.807) is 29.3 Å². The molecule has 4 rings (SSSR count). The van der Waals surface area contributed by atoms with Crippen LogP contribution in [0.4, 0.5) is 14.9 Å². The molecule has 2 aromatic rings. The molecule has 0 aliphatic carbocycles.